The fourth-order valence-electron chi connectivity index (χ4n) is 2.44. The van der Waals surface area contributed by atoms with E-state index in [1.54, 1.807) is 7.05 Å². The topological polar surface area (TPSA) is 12.0 Å². The normalized spacial score (nSPS) is 12.5. The molecular formula is C16H16ClF2N. The zero-order valence-electron chi connectivity index (χ0n) is 11.6. The Morgan fingerprint density at radius 1 is 0.950 bits per heavy atom. The van der Waals surface area contributed by atoms with Gasteiger partial charge in [0.2, 0.25) is 0 Å². The first kappa shape index (κ1) is 14.9. The van der Waals surface area contributed by atoms with Crippen LogP contribution in [0.15, 0.2) is 30.3 Å². The maximum Gasteiger partial charge on any atom is 0.142 e. The van der Waals surface area contributed by atoms with E-state index in [1.807, 2.05) is 32.0 Å². The van der Waals surface area contributed by atoms with Crippen molar-refractivity contribution in [2.45, 2.75) is 19.9 Å². The highest BCUT2D eigenvalue weighted by molar-refractivity contribution is 6.30. The van der Waals surface area contributed by atoms with Crippen LogP contribution in [0.25, 0.3) is 0 Å². The molecule has 0 aliphatic carbocycles. The molecule has 106 valence electrons. The minimum atomic E-state index is -0.618. The van der Waals surface area contributed by atoms with Gasteiger partial charge in [0.1, 0.15) is 11.6 Å². The third-order valence-corrected chi connectivity index (χ3v) is 3.51. The van der Waals surface area contributed by atoms with Gasteiger partial charge >= 0.3 is 0 Å². The summed E-state index contributed by atoms with van der Waals surface area (Å²) < 4.78 is 27.7. The molecule has 0 aliphatic rings. The highest BCUT2D eigenvalue weighted by Gasteiger charge is 2.19. The minimum Gasteiger partial charge on any atom is -0.309 e. The molecule has 4 heteroatoms. The Bertz CT molecular complexity index is 620. The Morgan fingerprint density at radius 3 is 2.10 bits per heavy atom. The van der Waals surface area contributed by atoms with Crippen LogP contribution >= 0.6 is 11.6 Å². The molecule has 2 aromatic carbocycles. The summed E-state index contributed by atoms with van der Waals surface area (Å²) in [4.78, 5) is 0. The number of halogens is 3. The lowest BCUT2D eigenvalue weighted by molar-refractivity contribution is 0.558. The van der Waals surface area contributed by atoms with Gasteiger partial charge in [-0.15, -0.1) is 0 Å². The number of hydrogen-bond donors (Lipinski definition) is 1. The van der Waals surface area contributed by atoms with Crippen LogP contribution in [0.4, 0.5) is 8.78 Å². The van der Waals surface area contributed by atoms with Crippen molar-refractivity contribution in [3.8, 4) is 0 Å². The molecule has 1 unspecified atom stereocenters. The molecule has 0 fully saturated rings. The minimum absolute atomic E-state index is 0.207. The first-order chi connectivity index (χ1) is 9.42. The van der Waals surface area contributed by atoms with Gasteiger partial charge in [0, 0.05) is 5.56 Å². The second-order valence-corrected chi connectivity index (χ2v) is 5.34. The van der Waals surface area contributed by atoms with Crippen LogP contribution < -0.4 is 5.32 Å². The van der Waals surface area contributed by atoms with Crippen LogP contribution in [0.5, 0.6) is 0 Å². The number of rotatable bonds is 3. The summed E-state index contributed by atoms with van der Waals surface area (Å²) >= 11 is 5.59. The van der Waals surface area contributed by atoms with E-state index in [2.05, 4.69) is 5.32 Å². The summed E-state index contributed by atoms with van der Waals surface area (Å²) in [7, 11) is 1.72. The molecule has 0 spiro atoms. The zero-order valence-corrected chi connectivity index (χ0v) is 12.4. The number of aryl methyl sites for hydroxylation is 2. The lowest BCUT2D eigenvalue weighted by Gasteiger charge is -2.19. The molecule has 0 bridgehead atoms. The Morgan fingerprint density at radius 2 is 1.55 bits per heavy atom. The van der Waals surface area contributed by atoms with Gasteiger partial charge in [-0.05, 0) is 38.6 Å². The molecule has 1 atom stereocenters. The van der Waals surface area contributed by atoms with Gasteiger partial charge in [-0.25, -0.2) is 8.78 Å². The van der Waals surface area contributed by atoms with Gasteiger partial charge in [0.05, 0.1) is 11.1 Å². The van der Waals surface area contributed by atoms with Gasteiger partial charge in [-0.3, -0.25) is 0 Å². The number of benzene rings is 2. The Balaban J connectivity index is 2.55. The van der Waals surface area contributed by atoms with Crippen molar-refractivity contribution in [1.82, 2.24) is 5.32 Å². The van der Waals surface area contributed by atoms with Crippen LogP contribution in [0.3, 0.4) is 0 Å². The molecular weight excluding hydrogens is 280 g/mol. The zero-order chi connectivity index (χ0) is 14.9. The SMILES string of the molecule is CNC(c1cc(C)cc(C)c1)c1cc(F)c(Cl)cc1F. The monoisotopic (exact) mass is 295 g/mol. The smallest absolute Gasteiger partial charge is 0.142 e. The summed E-state index contributed by atoms with van der Waals surface area (Å²) in [5, 5.41) is 2.82. The van der Waals surface area contributed by atoms with E-state index in [9.17, 15) is 8.78 Å². The van der Waals surface area contributed by atoms with E-state index in [4.69, 9.17) is 11.6 Å². The Hall–Kier alpha value is -1.45. The third-order valence-electron chi connectivity index (χ3n) is 3.22. The third kappa shape index (κ3) is 3.00. The van der Waals surface area contributed by atoms with Crippen molar-refractivity contribution in [3.05, 3.63) is 69.2 Å². The van der Waals surface area contributed by atoms with E-state index < -0.39 is 17.7 Å². The predicted molar refractivity (Wildman–Crippen MR) is 78.2 cm³/mol. The van der Waals surface area contributed by atoms with Crippen molar-refractivity contribution in [2.75, 3.05) is 7.05 Å². The van der Waals surface area contributed by atoms with Crippen LogP contribution in [0.1, 0.15) is 28.3 Å². The predicted octanol–water partition coefficient (Wildman–Crippen LogP) is 4.54. The standard InChI is InChI=1S/C16H16ClF2N/c1-9-4-10(2)6-11(5-9)16(20-3)12-7-15(19)13(17)8-14(12)18/h4-8,16,20H,1-3H3. The second kappa shape index (κ2) is 5.90. The Kier molecular flexibility index (Phi) is 4.41. The highest BCUT2D eigenvalue weighted by Crippen LogP contribution is 2.29. The van der Waals surface area contributed by atoms with Crippen LogP contribution in [0, 0.1) is 25.5 Å². The first-order valence-corrected chi connectivity index (χ1v) is 6.70. The fourth-order valence-corrected chi connectivity index (χ4v) is 2.59. The molecule has 0 aromatic heterocycles. The molecule has 2 rings (SSSR count). The second-order valence-electron chi connectivity index (χ2n) is 4.93. The van der Waals surface area contributed by atoms with E-state index >= 15 is 0 Å². The summed E-state index contributed by atoms with van der Waals surface area (Å²) in [5.41, 5.74) is 3.30. The van der Waals surface area contributed by atoms with Gasteiger partial charge in [0.25, 0.3) is 0 Å². The summed E-state index contributed by atoms with van der Waals surface area (Å²) in [6.07, 6.45) is 0. The van der Waals surface area contributed by atoms with E-state index in [0.29, 0.717) is 0 Å². The van der Waals surface area contributed by atoms with Gasteiger partial charge in [-0.1, -0.05) is 40.9 Å². The average molecular weight is 296 g/mol. The molecule has 20 heavy (non-hydrogen) atoms. The molecule has 0 aliphatic heterocycles. The van der Waals surface area contributed by atoms with E-state index in [-0.39, 0.29) is 10.6 Å². The van der Waals surface area contributed by atoms with Gasteiger partial charge in [-0.2, -0.15) is 0 Å². The van der Waals surface area contributed by atoms with Crippen LogP contribution in [-0.4, -0.2) is 7.05 Å². The summed E-state index contributed by atoms with van der Waals surface area (Å²) in [6.45, 7) is 3.95. The van der Waals surface area contributed by atoms with Crippen molar-refractivity contribution >= 4 is 11.6 Å². The number of hydrogen-bond acceptors (Lipinski definition) is 1. The molecule has 0 saturated carbocycles. The summed E-state index contributed by atoms with van der Waals surface area (Å²) in [5.74, 6) is -1.14. The maximum absolute atomic E-state index is 14.1. The van der Waals surface area contributed by atoms with Crippen LogP contribution in [-0.2, 0) is 0 Å². The first-order valence-electron chi connectivity index (χ1n) is 6.32. The Labute approximate surface area is 122 Å². The molecule has 0 radical (unpaired) electrons. The molecule has 0 saturated heterocycles. The van der Waals surface area contributed by atoms with Crippen LogP contribution in [0.2, 0.25) is 5.02 Å². The molecule has 2 aromatic rings. The average Bonchev–Trinajstić information content (AvgIpc) is 2.35. The summed E-state index contributed by atoms with van der Waals surface area (Å²) in [6, 6.07) is 7.70. The van der Waals surface area contributed by atoms with Crippen molar-refractivity contribution in [1.29, 1.82) is 0 Å². The lowest BCUT2D eigenvalue weighted by atomic mass is 9.95. The number of nitrogens with one attached hydrogen (secondary N) is 1. The van der Waals surface area contributed by atoms with Gasteiger partial charge in [0.15, 0.2) is 0 Å². The van der Waals surface area contributed by atoms with Crippen molar-refractivity contribution in [3.63, 3.8) is 0 Å². The van der Waals surface area contributed by atoms with E-state index in [1.165, 1.54) is 0 Å². The van der Waals surface area contributed by atoms with E-state index in [0.717, 1.165) is 28.8 Å². The van der Waals surface area contributed by atoms with Crippen molar-refractivity contribution < 1.29 is 8.78 Å². The molecule has 1 nitrogen and oxygen atoms in total. The quantitative estimate of drug-likeness (QED) is 0.820. The van der Waals surface area contributed by atoms with Gasteiger partial charge < -0.3 is 5.32 Å². The largest absolute Gasteiger partial charge is 0.309 e. The fraction of sp³-hybridized carbons (Fsp3) is 0.250. The van der Waals surface area contributed by atoms with Crippen molar-refractivity contribution in [2.24, 2.45) is 0 Å². The highest BCUT2D eigenvalue weighted by atomic mass is 35.5. The molecule has 1 N–H and O–H groups in total. The molecule has 0 heterocycles. The maximum atomic E-state index is 14.1. The molecule has 0 amide bonds. The lowest BCUT2D eigenvalue weighted by Crippen LogP contribution is -2.19.